The van der Waals surface area contributed by atoms with Gasteiger partial charge in [0.25, 0.3) is 22.7 Å². The van der Waals surface area contributed by atoms with E-state index in [9.17, 15) is 59.6 Å². The van der Waals surface area contributed by atoms with E-state index in [2.05, 4.69) is 41.2 Å². The molecular weight excluding hydrogens is 889 g/mol. The van der Waals surface area contributed by atoms with Crippen LogP contribution in [0, 0.1) is 62.1 Å². The number of nitro benzene ring substituents is 4. The van der Waals surface area contributed by atoms with E-state index < -0.39 is 110 Å². The summed E-state index contributed by atoms with van der Waals surface area (Å²) in [6.45, 7) is 19.4. The van der Waals surface area contributed by atoms with E-state index >= 15 is 0 Å². The number of hydrogen-bond acceptors (Lipinski definition) is 12. The number of nitrogens with zero attached hydrogens (tertiary/aromatic N) is 4. The second-order valence-corrected chi connectivity index (χ2v) is 20.0. The lowest BCUT2D eigenvalue weighted by Gasteiger charge is -2.22. The minimum absolute atomic E-state index is 0.0479. The van der Waals surface area contributed by atoms with Gasteiger partial charge >= 0.3 is 0 Å². The van der Waals surface area contributed by atoms with Gasteiger partial charge in [-0.05, 0) is 36.4 Å². The Kier molecular flexibility index (Phi) is 13.5. The second kappa shape index (κ2) is 18.1. The Morgan fingerprint density at radius 2 is 0.515 bits per heavy atom. The Morgan fingerprint density at radius 3 is 0.662 bits per heavy atom. The minimum atomic E-state index is -1.01. The first kappa shape index (κ1) is 50.6. The number of amides is 4. The number of non-ortho nitro benzene ring substituents is 4. The van der Waals surface area contributed by atoms with Crippen LogP contribution in [0.3, 0.4) is 0 Å². The number of nitrogens with one attached hydrogen (secondary N) is 8. The second-order valence-electron chi connectivity index (χ2n) is 20.0. The molecule has 0 aliphatic carbocycles. The van der Waals surface area contributed by atoms with Crippen molar-refractivity contribution >= 4 is 113 Å². The van der Waals surface area contributed by atoms with Gasteiger partial charge in [0.15, 0.2) is 0 Å². The molecule has 24 nitrogen and oxygen atoms in total. The first-order chi connectivity index (χ1) is 31.1. The van der Waals surface area contributed by atoms with Crippen molar-refractivity contribution in [2.75, 3.05) is 21.3 Å². The summed E-state index contributed by atoms with van der Waals surface area (Å²) in [6.07, 6.45) is 0. The van der Waals surface area contributed by atoms with Gasteiger partial charge in [0.05, 0.1) is 76.6 Å². The molecule has 4 amide bonds. The highest BCUT2D eigenvalue weighted by atomic mass is 16.6. The zero-order chi connectivity index (χ0) is 51.2. The number of rotatable bonds is 8. The van der Waals surface area contributed by atoms with Crippen molar-refractivity contribution in [2.24, 2.45) is 21.7 Å². The van der Waals surface area contributed by atoms with E-state index in [1.165, 1.54) is 24.3 Å². The number of aromatic amines is 4. The summed E-state index contributed by atoms with van der Waals surface area (Å²) in [6, 6.07) is 8.41. The lowest BCUT2D eigenvalue weighted by atomic mass is 9.95. The number of H-pyrrole nitrogens is 4. The molecule has 5 aromatic rings. The highest BCUT2D eigenvalue weighted by Crippen LogP contribution is 2.36. The third-order valence-corrected chi connectivity index (χ3v) is 10.1. The third kappa shape index (κ3) is 11.3. The number of benzene rings is 4. The van der Waals surface area contributed by atoms with Crippen LogP contribution in [0.1, 0.15) is 83.1 Å². The quantitative estimate of drug-likeness (QED) is 0.0532. The van der Waals surface area contributed by atoms with Crippen LogP contribution in [0.5, 0.6) is 0 Å². The average Bonchev–Trinajstić information content (AvgIpc) is 3.18. The molecule has 8 N–H and O–H groups in total. The van der Waals surface area contributed by atoms with Crippen molar-refractivity contribution in [1.82, 2.24) is 19.9 Å². The van der Waals surface area contributed by atoms with Gasteiger partial charge in [0.1, 0.15) is 22.1 Å². The fourth-order valence-electron chi connectivity index (χ4n) is 6.01. The molecule has 0 aliphatic rings. The topological polar surface area (TPSA) is 352 Å². The van der Waals surface area contributed by atoms with Crippen molar-refractivity contribution in [1.29, 1.82) is 0 Å². The van der Waals surface area contributed by atoms with Crippen LogP contribution >= 0.6 is 0 Å². The van der Waals surface area contributed by atoms with Crippen molar-refractivity contribution < 1.29 is 38.9 Å². The van der Waals surface area contributed by atoms with E-state index in [-0.39, 0.29) is 44.8 Å². The predicted octanol–water partition coefficient (Wildman–Crippen LogP) is 9.99. The van der Waals surface area contributed by atoms with Crippen molar-refractivity contribution in [2.45, 2.75) is 83.1 Å². The fourth-order valence-corrected chi connectivity index (χ4v) is 6.01. The summed E-state index contributed by atoms with van der Waals surface area (Å²) >= 11 is 0. The van der Waals surface area contributed by atoms with Gasteiger partial charge < -0.3 is 41.2 Å². The molecule has 0 unspecified atom stereocenters. The number of hydrogen-bond donors (Lipinski definition) is 8. The van der Waals surface area contributed by atoms with Gasteiger partial charge in [-0.1, -0.05) is 83.1 Å². The molecular formula is C44H52N12O12. The molecule has 1 heterocycles. The predicted molar refractivity (Wildman–Crippen MR) is 257 cm³/mol. The normalized spacial score (nSPS) is 11.9. The van der Waals surface area contributed by atoms with E-state index in [1.54, 1.807) is 83.1 Å². The van der Waals surface area contributed by atoms with E-state index in [4.69, 9.17) is 0 Å². The SMILES string of the molecule is CC(C)(C)C(=O)Nc1cc2[nH]c3cc([nH]c4cc(NC(=O)C(C)(C)C)c(NC(=O)C(C)(C)C)cc4[nH]c4cc([nH]c2cc1NC(=O)C(C)(C)C)c([N+](=O)[O-])cc4[N+](=O)[O-])c([N+](=O)[O-])cc3[N+](=O)[O-]. The van der Waals surface area contributed by atoms with Gasteiger partial charge in [0, 0.05) is 21.7 Å². The van der Waals surface area contributed by atoms with Gasteiger partial charge in [-0.25, -0.2) is 0 Å². The van der Waals surface area contributed by atoms with Crippen LogP contribution in [0.2, 0.25) is 0 Å². The van der Waals surface area contributed by atoms with Crippen molar-refractivity contribution in [3.05, 3.63) is 89.0 Å². The Balaban J connectivity index is 2.19. The lowest BCUT2D eigenvalue weighted by molar-refractivity contribution is -0.392. The number of fused-ring (bicyclic) bond motifs is 6. The Labute approximate surface area is 386 Å². The molecule has 0 fully saturated rings. The Hall–Kier alpha value is -8.44. The number of anilines is 4. The van der Waals surface area contributed by atoms with Crippen LogP contribution in [0.4, 0.5) is 45.5 Å². The Morgan fingerprint density at radius 1 is 0.338 bits per heavy atom. The van der Waals surface area contributed by atoms with Crippen LogP contribution in [0.25, 0.3) is 44.1 Å². The number of carbonyl (C=O) groups excluding carboxylic acids is 4. The molecule has 0 atom stereocenters. The minimum Gasteiger partial charge on any atom is -0.348 e. The van der Waals surface area contributed by atoms with E-state index in [0.29, 0.717) is 12.1 Å². The van der Waals surface area contributed by atoms with Gasteiger partial charge in [-0.2, -0.15) is 0 Å². The largest absolute Gasteiger partial charge is 0.348 e. The maximum atomic E-state index is 13.5. The first-order valence-electron chi connectivity index (χ1n) is 20.8. The highest BCUT2D eigenvalue weighted by Gasteiger charge is 2.29. The van der Waals surface area contributed by atoms with Crippen molar-refractivity contribution in [3.63, 3.8) is 0 Å². The summed E-state index contributed by atoms with van der Waals surface area (Å²) in [5.41, 5.74) is -9.73. The van der Waals surface area contributed by atoms with Crippen LogP contribution < -0.4 is 21.3 Å². The number of carbonyl (C=O) groups is 4. The standard InChI is InChI=1S/C44H52N12O12/c1-41(2,3)37(57)49-25-13-21-22(14-26(25)50-38(58)42(4,5)6)46-30-18-32(36(56(67)68)20-34(30)54(63)64)48-24-16-28(52-40(60)44(10,11)12)27(51-39(59)43(7,8)9)15-23(24)47-31-17-29(45-21)33(53(61)62)19-35(31)55(65)66/h13-20,45-48H,1-12H3,(H,49,57)(H,50,58)(H,51,59)(H,52,60). The molecule has 0 saturated carbocycles. The maximum absolute atomic E-state index is 13.5. The zero-order valence-electron chi connectivity index (χ0n) is 39.3. The van der Waals surface area contributed by atoms with Gasteiger partial charge in [0.2, 0.25) is 23.6 Å². The molecule has 24 heteroatoms. The maximum Gasteiger partial charge on any atom is 0.299 e. The summed E-state index contributed by atoms with van der Waals surface area (Å²) in [7, 11) is 0. The third-order valence-electron chi connectivity index (χ3n) is 10.1. The highest BCUT2D eigenvalue weighted by molar-refractivity contribution is 6.07. The molecule has 5 rings (SSSR count). The lowest BCUT2D eigenvalue weighted by Crippen LogP contribution is -2.30. The van der Waals surface area contributed by atoms with Gasteiger partial charge in [-0.3, -0.25) is 59.6 Å². The van der Waals surface area contributed by atoms with E-state index in [1.807, 2.05) is 0 Å². The van der Waals surface area contributed by atoms with Crippen LogP contribution in [0.15, 0.2) is 48.5 Å². The molecule has 0 radical (unpaired) electrons. The van der Waals surface area contributed by atoms with Crippen molar-refractivity contribution in [3.8, 4) is 0 Å². The summed E-state index contributed by atoms with van der Waals surface area (Å²) < 4.78 is 0. The summed E-state index contributed by atoms with van der Waals surface area (Å²) in [5, 5.41) is 61.8. The molecule has 4 bridgehead atoms. The molecule has 4 aromatic carbocycles. The molecule has 1 aromatic heterocycles. The molecule has 360 valence electrons. The number of nitro groups is 4. The smallest absolute Gasteiger partial charge is 0.299 e. The summed E-state index contributed by atoms with van der Waals surface area (Å²) in [5.74, 6) is -2.15. The summed E-state index contributed by atoms with van der Waals surface area (Å²) in [4.78, 5) is 113. The van der Waals surface area contributed by atoms with Crippen LogP contribution in [-0.2, 0) is 19.2 Å². The molecule has 68 heavy (non-hydrogen) atoms. The Bertz CT molecular complexity index is 2750. The number of aromatic nitrogens is 4. The van der Waals surface area contributed by atoms with E-state index in [0.717, 1.165) is 12.1 Å². The fraction of sp³-hybridized carbons (Fsp3) is 0.364. The molecule has 0 saturated heterocycles. The average molecular weight is 941 g/mol. The van der Waals surface area contributed by atoms with Gasteiger partial charge in [-0.15, -0.1) is 0 Å². The van der Waals surface area contributed by atoms with Crippen LogP contribution in [-0.4, -0.2) is 63.3 Å². The molecule has 0 aliphatic heterocycles. The first-order valence-corrected chi connectivity index (χ1v) is 20.8. The monoisotopic (exact) mass is 940 g/mol. The zero-order valence-corrected chi connectivity index (χ0v) is 39.3. The molecule has 0 spiro atoms.